The van der Waals surface area contributed by atoms with Crippen LogP contribution in [0.1, 0.15) is 31.7 Å². The van der Waals surface area contributed by atoms with Gasteiger partial charge in [0.05, 0.1) is 12.8 Å². The number of hydrogen-bond donors (Lipinski definition) is 1. The number of nitrogens with zero attached hydrogens (tertiary/aromatic N) is 2. The first-order valence-corrected chi connectivity index (χ1v) is 7.47. The fourth-order valence-electron chi connectivity index (χ4n) is 2.76. The molecule has 1 fully saturated rings. The number of hydrazone groups is 1. The Morgan fingerprint density at radius 2 is 2.30 bits per heavy atom. The van der Waals surface area contributed by atoms with E-state index in [0.717, 1.165) is 36.8 Å². The maximum Gasteiger partial charge on any atom is 0.128 e. The van der Waals surface area contributed by atoms with Crippen LogP contribution in [-0.2, 0) is 0 Å². The Hall–Kier alpha value is -1.55. The Labute approximate surface area is 121 Å². The number of ether oxygens (including phenoxy) is 1. The van der Waals surface area contributed by atoms with E-state index in [9.17, 15) is 0 Å². The molecule has 1 heterocycles. The van der Waals surface area contributed by atoms with Crippen molar-refractivity contribution in [2.45, 2.75) is 26.2 Å². The van der Waals surface area contributed by atoms with Gasteiger partial charge in [0.2, 0.25) is 0 Å². The highest BCUT2D eigenvalue weighted by atomic mass is 16.5. The van der Waals surface area contributed by atoms with Crippen molar-refractivity contribution in [3.63, 3.8) is 0 Å². The van der Waals surface area contributed by atoms with Gasteiger partial charge in [-0.2, -0.15) is 5.10 Å². The van der Waals surface area contributed by atoms with Crippen molar-refractivity contribution in [2.75, 3.05) is 26.2 Å². The van der Waals surface area contributed by atoms with Crippen molar-refractivity contribution in [2.24, 2.45) is 16.9 Å². The molecule has 1 aliphatic rings. The molecule has 0 saturated carbocycles. The van der Waals surface area contributed by atoms with E-state index in [4.69, 9.17) is 10.6 Å². The largest absolute Gasteiger partial charge is 0.493 e. The summed E-state index contributed by atoms with van der Waals surface area (Å²) in [5.41, 5.74) is 0.932. The molecule has 1 aromatic rings. The van der Waals surface area contributed by atoms with Gasteiger partial charge in [0.1, 0.15) is 5.75 Å². The van der Waals surface area contributed by atoms with Crippen molar-refractivity contribution < 1.29 is 4.74 Å². The Bertz CT molecular complexity index is 433. The minimum Gasteiger partial charge on any atom is -0.493 e. The number of piperidine rings is 1. The smallest absolute Gasteiger partial charge is 0.128 e. The molecule has 2 N–H and O–H groups in total. The SMILES string of the molecule is CC1CCCN(CCCOc2ccccc2C=NN)C1. The second kappa shape index (κ2) is 7.90. The van der Waals surface area contributed by atoms with Gasteiger partial charge < -0.3 is 15.5 Å². The molecule has 0 aliphatic carbocycles. The molecule has 0 amide bonds. The standard InChI is InChI=1S/C16H25N3O/c1-14-6-4-9-19(13-14)10-5-11-20-16-8-3-2-7-15(16)12-18-17/h2-3,7-8,12,14H,4-6,9-11,13,17H2,1H3. The van der Waals surface area contributed by atoms with Crippen LogP contribution in [0, 0.1) is 5.92 Å². The summed E-state index contributed by atoms with van der Waals surface area (Å²) in [7, 11) is 0. The van der Waals surface area contributed by atoms with Crippen molar-refractivity contribution in [1.29, 1.82) is 0 Å². The summed E-state index contributed by atoms with van der Waals surface area (Å²) < 4.78 is 5.83. The predicted octanol–water partition coefficient (Wildman–Crippen LogP) is 2.48. The van der Waals surface area contributed by atoms with Gasteiger partial charge in [0.15, 0.2) is 0 Å². The summed E-state index contributed by atoms with van der Waals surface area (Å²) in [6.07, 6.45) is 5.39. The zero-order chi connectivity index (χ0) is 14.2. The van der Waals surface area contributed by atoms with E-state index in [-0.39, 0.29) is 0 Å². The first-order valence-electron chi connectivity index (χ1n) is 7.47. The van der Waals surface area contributed by atoms with Crippen LogP contribution >= 0.6 is 0 Å². The normalized spacial score (nSPS) is 20.4. The first kappa shape index (κ1) is 14.9. The van der Waals surface area contributed by atoms with E-state index in [0.29, 0.717) is 0 Å². The molecule has 0 bridgehead atoms. The molecular formula is C16H25N3O. The highest BCUT2D eigenvalue weighted by molar-refractivity contribution is 5.83. The van der Waals surface area contributed by atoms with E-state index in [1.165, 1.54) is 25.9 Å². The molecule has 4 nitrogen and oxygen atoms in total. The summed E-state index contributed by atoms with van der Waals surface area (Å²) >= 11 is 0. The number of para-hydroxylation sites is 1. The van der Waals surface area contributed by atoms with E-state index >= 15 is 0 Å². The second-order valence-electron chi connectivity index (χ2n) is 5.57. The molecule has 0 spiro atoms. The van der Waals surface area contributed by atoms with Crippen LogP contribution in [0.4, 0.5) is 0 Å². The molecule has 2 rings (SSSR count). The van der Waals surface area contributed by atoms with Gasteiger partial charge in [0.25, 0.3) is 0 Å². The van der Waals surface area contributed by atoms with Crippen molar-refractivity contribution >= 4 is 6.21 Å². The average molecular weight is 275 g/mol. The van der Waals surface area contributed by atoms with Crippen molar-refractivity contribution in [1.82, 2.24) is 4.90 Å². The van der Waals surface area contributed by atoms with E-state index in [2.05, 4.69) is 16.9 Å². The molecule has 110 valence electrons. The first-order chi connectivity index (χ1) is 9.79. The lowest BCUT2D eigenvalue weighted by atomic mass is 10.0. The molecule has 1 aromatic carbocycles. The molecule has 20 heavy (non-hydrogen) atoms. The van der Waals surface area contributed by atoms with Gasteiger partial charge in [-0.1, -0.05) is 19.1 Å². The van der Waals surface area contributed by atoms with Crippen LogP contribution in [0.5, 0.6) is 5.75 Å². The number of hydrogen-bond acceptors (Lipinski definition) is 4. The van der Waals surface area contributed by atoms with Crippen LogP contribution in [0.25, 0.3) is 0 Å². The Morgan fingerprint density at radius 3 is 3.10 bits per heavy atom. The summed E-state index contributed by atoms with van der Waals surface area (Å²) in [5.74, 6) is 6.90. The predicted molar refractivity (Wildman–Crippen MR) is 83.2 cm³/mol. The molecule has 0 radical (unpaired) electrons. The maximum atomic E-state index is 5.83. The monoisotopic (exact) mass is 275 g/mol. The van der Waals surface area contributed by atoms with Crippen molar-refractivity contribution in [3.8, 4) is 5.75 Å². The van der Waals surface area contributed by atoms with Crippen LogP contribution in [0.15, 0.2) is 29.4 Å². The third kappa shape index (κ3) is 4.53. The molecule has 1 atom stereocenters. The minimum atomic E-state index is 0.736. The topological polar surface area (TPSA) is 50.8 Å². The van der Waals surface area contributed by atoms with Gasteiger partial charge in [-0.25, -0.2) is 0 Å². The van der Waals surface area contributed by atoms with Gasteiger partial charge in [-0.3, -0.25) is 0 Å². The van der Waals surface area contributed by atoms with Crippen LogP contribution in [0.2, 0.25) is 0 Å². The van der Waals surface area contributed by atoms with E-state index in [1.54, 1.807) is 6.21 Å². The lowest BCUT2D eigenvalue weighted by Gasteiger charge is -2.30. The number of nitrogens with two attached hydrogens (primary N) is 1. The van der Waals surface area contributed by atoms with E-state index in [1.807, 2.05) is 24.3 Å². The maximum absolute atomic E-state index is 5.83. The highest BCUT2D eigenvalue weighted by Crippen LogP contribution is 2.17. The zero-order valence-corrected chi connectivity index (χ0v) is 12.3. The number of likely N-dealkylation sites (tertiary alicyclic amines) is 1. The van der Waals surface area contributed by atoms with Gasteiger partial charge >= 0.3 is 0 Å². The van der Waals surface area contributed by atoms with Crippen LogP contribution in [0.3, 0.4) is 0 Å². The van der Waals surface area contributed by atoms with Crippen LogP contribution < -0.4 is 10.6 Å². The quantitative estimate of drug-likeness (QED) is 0.375. The molecule has 0 aromatic heterocycles. The van der Waals surface area contributed by atoms with Gasteiger partial charge in [0, 0.05) is 18.7 Å². The lowest BCUT2D eigenvalue weighted by Crippen LogP contribution is -2.35. The Morgan fingerprint density at radius 1 is 1.45 bits per heavy atom. The zero-order valence-electron chi connectivity index (χ0n) is 12.3. The van der Waals surface area contributed by atoms with Gasteiger partial charge in [-0.15, -0.1) is 0 Å². The summed E-state index contributed by atoms with van der Waals surface area (Å²) in [4.78, 5) is 2.55. The lowest BCUT2D eigenvalue weighted by molar-refractivity contribution is 0.170. The third-order valence-electron chi connectivity index (χ3n) is 3.75. The fraction of sp³-hybridized carbons (Fsp3) is 0.562. The molecular weight excluding hydrogens is 250 g/mol. The molecule has 1 aliphatic heterocycles. The number of benzene rings is 1. The summed E-state index contributed by atoms with van der Waals surface area (Å²) in [5, 5.41) is 3.56. The highest BCUT2D eigenvalue weighted by Gasteiger charge is 2.15. The average Bonchev–Trinajstić information content (AvgIpc) is 2.46. The molecule has 1 unspecified atom stereocenters. The number of rotatable bonds is 6. The van der Waals surface area contributed by atoms with Gasteiger partial charge in [-0.05, 0) is 43.9 Å². The van der Waals surface area contributed by atoms with E-state index < -0.39 is 0 Å². The Kier molecular flexibility index (Phi) is 5.87. The summed E-state index contributed by atoms with van der Waals surface area (Å²) in [6.45, 7) is 6.67. The summed E-state index contributed by atoms with van der Waals surface area (Å²) in [6, 6.07) is 7.84. The second-order valence-corrected chi connectivity index (χ2v) is 5.57. The molecule has 4 heteroatoms. The minimum absolute atomic E-state index is 0.736. The fourth-order valence-corrected chi connectivity index (χ4v) is 2.76. The molecule has 1 saturated heterocycles. The third-order valence-corrected chi connectivity index (χ3v) is 3.75. The van der Waals surface area contributed by atoms with Crippen LogP contribution in [-0.4, -0.2) is 37.4 Å². The Balaban J connectivity index is 1.73. The van der Waals surface area contributed by atoms with Crippen molar-refractivity contribution in [3.05, 3.63) is 29.8 Å².